The summed E-state index contributed by atoms with van der Waals surface area (Å²) in [6.07, 6.45) is -0.612. The minimum absolute atomic E-state index is 0. The maximum absolute atomic E-state index is 10.9. The average molecular weight is 198 g/mol. The van der Waals surface area contributed by atoms with Gasteiger partial charge in [-0.2, -0.15) is 0 Å². The molecular formula is C7H11NaO5-. The van der Waals surface area contributed by atoms with Gasteiger partial charge in [-0.1, -0.05) is 0 Å². The van der Waals surface area contributed by atoms with E-state index >= 15 is 0 Å². The Morgan fingerprint density at radius 2 is 1.77 bits per heavy atom. The molecule has 0 aliphatic heterocycles. The molecule has 0 N–H and O–H groups in total. The predicted octanol–water partition coefficient (Wildman–Crippen LogP) is -1.36. The van der Waals surface area contributed by atoms with Crippen molar-refractivity contribution in [3.05, 3.63) is 11.8 Å². The summed E-state index contributed by atoms with van der Waals surface area (Å²) in [6, 6.07) is 0. The summed E-state index contributed by atoms with van der Waals surface area (Å²) in [7, 11) is 3.81. The smallest absolute Gasteiger partial charge is 0.337 e. The van der Waals surface area contributed by atoms with E-state index in [9.17, 15) is 9.90 Å². The van der Waals surface area contributed by atoms with Gasteiger partial charge in [0, 0.05) is 43.8 Å². The molecule has 0 fully saturated rings. The van der Waals surface area contributed by atoms with Gasteiger partial charge < -0.3 is 19.3 Å². The van der Waals surface area contributed by atoms with Crippen LogP contribution in [0.2, 0.25) is 0 Å². The number of carbonyl (C=O) groups is 1. The van der Waals surface area contributed by atoms with Crippen molar-refractivity contribution >= 4 is 35.5 Å². The molecule has 0 heterocycles. The van der Waals surface area contributed by atoms with Crippen molar-refractivity contribution < 1.29 is 24.1 Å². The van der Waals surface area contributed by atoms with E-state index in [1.807, 2.05) is 0 Å². The average Bonchev–Trinajstić information content (AvgIpc) is 2.12. The second-order valence-electron chi connectivity index (χ2n) is 1.87. The van der Waals surface area contributed by atoms with Crippen molar-refractivity contribution in [2.75, 3.05) is 21.3 Å². The number of esters is 1. The van der Waals surface area contributed by atoms with Crippen molar-refractivity contribution in [2.24, 2.45) is 0 Å². The molecule has 0 saturated heterocycles. The Bertz CT molecular complexity index is 176. The number of hydrogen-bond acceptors (Lipinski definition) is 5. The summed E-state index contributed by atoms with van der Waals surface area (Å²) >= 11 is 0. The summed E-state index contributed by atoms with van der Waals surface area (Å²) in [5.74, 6) is -0.751. The van der Waals surface area contributed by atoms with Gasteiger partial charge in [-0.15, -0.1) is 6.26 Å². The van der Waals surface area contributed by atoms with Gasteiger partial charge in [-0.25, -0.2) is 4.79 Å². The third-order valence-electron chi connectivity index (χ3n) is 1.23. The Morgan fingerprint density at radius 3 is 2.00 bits per heavy atom. The van der Waals surface area contributed by atoms with E-state index in [2.05, 4.69) is 14.2 Å². The molecule has 0 saturated carbocycles. The number of methoxy groups -OCH3 is 3. The molecular weight excluding hydrogens is 187 g/mol. The maximum Gasteiger partial charge on any atom is 0.337 e. The summed E-state index contributed by atoms with van der Waals surface area (Å²) in [4.78, 5) is 10.9. The summed E-state index contributed by atoms with van der Waals surface area (Å²) in [5.41, 5.74) is -0.192. The van der Waals surface area contributed by atoms with E-state index < -0.39 is 12.3 Å². The second-order valence-corrected chi connectivity index (χ2v) is 1.87. The van der Waals surface area contributed by atoms with Crippen molar-refractivity contribution in [3.63, 3.8) is 0 Å². The van der Waals surface area contributed by atoms with Crippen LogP contribution in [-0.4, -0.2) is 63.1 Å². The number of hydrogen-bond donors (Lipinski definition) is 0. The minimum Gasteiger partial charge on any atom is -0.877 e. The first-order valence-corrected chi connectivity index (χ1v) is 3.17. The molecule has 0 bridgehead atoms. The first-order valence-electron chi connectivity index (χ1n) is 3.17. The van der Waals surface area contributed by atoms with E-state index in [1.165, 1.54) is 21.3 Å². The van der Waals surface area contributed by atoms with E-state index in [0.29, 0.717) is 6.26 Å². The molecule has 0 spiro atoms. The molecule has 0 aromatic heterocycles. The van der Waals surface area contributed by atoms with Crippen molar-refractivity contribution in [1.29, 1.82) is 0 Å². The first kappa shape index (κ1) is 15.4. The third kappa shape index (κ3) is 4.64. The Labute approximate surface area is 98.9 Å². The molecule has 5 nitrogen and oxygen atoms in total. The second kappa shape index (κ2) is 8.52. The van der Waals surface area contributed by atoms with Gasteiger partial charge in [0.05, 0.1) is 12.7 Å². The fraction of sp³-hybridized carbons (Fsp3) is 0.571. The minimum atomic E-state index is -0.963. The quantitative estimate of drug-likeness (QED) is 0.183. The van der Waals surface area contributed by atoms with Crippen LogP contribution in [0.5, 0.6) is 0 Å². The maximum atomic E-state index is 10.9. The van der Waals surface area contributed by atoms with E-state index in [4.69, 9.17) is 0 Å². The molecule has 0 atom stereocenters. The zero-order valence-corrected chi connectivity index (χ0v) is 10.2. The Kier molecular flexibility index (Phi) is 10.1. The molecule has 0 aromatic rings. The monoisotopic (exact) mass is 198 g/mol. The molecule has 0 aliphatic carbocycles. The van der Waals surface area contributed by atoms with Gasteiger partial charge in [0.1, 0.15) is 0 Å². The van der Waals surface area contributed by atoms with E-state index in [1.54, 1.807) is 0 Å². The van der Waals surface area contributed by atoms with Crippen LogP contribution in [0, 0.1) is 0 Å². The molecule has 13 heavy (non-hydrogen) atoms. The van der Waals surface area contributed by atoms with Gasteiger partial charge in [0.15, 0.2) is 6.29 Å². The Balaban J connectivity index is 0. The van der Waals surface area contributed by atoms with Crippen LogP contribution in [0.15, 0.2) is 11.8 Å². The Hall–Kier alpha value is -0.0700. The van der Waals surface area contributed by atoms with Crippen molar-refractivity contribution in [2.45, 2.75) is 6.29 Å². The molecule has 0 aliphatic rings. The standard InChI is InChI=1S/C7H12O5.Na/c1-10-6(9)5(4-8)7(11-2)12-3;/h4,7-8H,1-3H3;/p-1. The number of carbonyl (C=O) groups excluding carboxylic acids is 1. The van der Waals surface area contributed by atoms with Crippen LogP contribution >= 0.6 is 0 Å². The van der Waals surface area contributed by atoms with Gasteiger partial charge in [-0.3, -0.25) is 0 Å². The summed E-state index contributed by atoms with van der Waals surface area (Å²) < 4.78 is 13.7. The van der Waals surface area contributed by atoms with Gasteiger partial charge in [0.25, 0.3) is 0 Å². The van der Waals surface area contributed by atoms with Gasteiger partial charge in [0.2, 0.25) is 0 Å². The van der Waals surface area contributed by atoms with Gasteiger partial charge >= 0.3 is 5.97 Å². The molecule has 6 heteroatoms. The number of rotatable bonds is 4. The zero-order chi connectivity index (χ0) is 9.56. The molecule has 1 radical (unpaired) electrons. The largest absolute Gasteiger partial charge is 0.877 e. The van der Waals surface area contributed by atoms with Crippen LogP contribution in [0.1, 0.15) is 0 Å². The van der Waals surface area contributed by atoms with E-state index in [0.717, 1.165) is 0 Å². The van der Waals surface area contributed by atoms with Crippen LogP contribution in [0.25, 0.3) is 0 Å². The summed E-state index contributed by atoms with van der Waals surface area (Å²) in [6.45, 7) is 0. The Morgan fingerprint density at radius 1 is 1.31 bits per heavy atom. The predicted molar refractivity (Wildman–Crippen MR) is 43.7 cm³/mol. The summed E-state index contributed by atoms with van der Waals surface area (Å²) in [5, 5.41) is 10.4. The van der Waals surface area contributed by atoms with Crippen molar-refractivity contribution in [1.82, 2.24) is 0 Å². The fourth-order valence-corrected chi connectivity index (χ4v) is 0.668. The normalized spacial score (nSPS) is 10.9. The SMILES string of the molecule is COC(=O)C(=C[O-])C(OC)OC.[Na]. The molecule has 0 unspecified atom stereocenters. The molecule has 0 aromatic carbocycles. The number of ether oxygens (including phenoxy) is 3. The first-order chi connectivity index (χ1) is 5.71. The van der Waals surface area contributed by atoms with Crippen LogP contribution in [-0.2, 0) is 19.0 Å². The van der Waals surface area contributed by atoms with Crippen LogP contribution in [0.3, 0.4) is 0 Å². The van der Waals surface area contributed by atoms with Crippen molar-refractivity contribution in [3.8, 4) is 0 Å². The zero-order valence-electron chi connectivity index (χ0n) is 8.20. The van der Waals surface area contributed by atoms with E-state index in [-0.39, 0.29) is 35.1 Å². The fourth-order valence-electron chi connectivity index (χ4n) is 0.668. The molecule has 0 rings (SSSR count). The molecule has 71 valence electrons. The molecule has 0 amide bonds. The topological polar surface area (TPSA) is 67.8 Å². The third-order valence-corrected chi connectivity index (χ3v) is 1.23. The van der Waals surface area contributed by atoms with Gasteiger partial charge in [-0.05, 0) is 0 Å². The van der Waals surface area contributed by atoms with Crippen LogP contribution in [0.4, 0.5) is 0 Å². The van der Waals surface area contributed by atoms with Crippen LogP contribution < -0.4 is 5.11 Å².